The summed E-state index contributed by atoms with van der Waals surface area (Å²) < 4.78 is 0. The second-order valence-corrected chi connectivity index (χ2v) is 4.74. The van der Waals surface area contributed by atoms with Gasteiger partial charge in [-0.1, -0.05) is 56.3 Å². The largest absolute Gasteiger partial charge is 0.143 e. The molecule has 0 N–H and O–H groups in total. The minimum absolute atomic E-state index is 0.490. The van der Waals surface area contributed by atoms with Gasteiger partial charge in [0.2, 0.25) is 0 Å². The zero-order chi connectivity index (χ0) is 11.5. The zero-order valence-corrected chi connectivity index (χ0v) is 10.5. The van der Waals surface area contributed by atoms with Crippen molar-refractivity contribution in [2.45, 2.75) is 24.7 Å². The first kappa shape index (κ1) is 11.3. The summed E-state index contributed by atoms with van der Waals surface area (Å²) in [7, 11) is 0. The molecule has 0 heterocycles. The van der Waals surface area contributed by atoms with Crippen LogP contribution in [-0.2, 0) is 0 Å². The molecule has 2 aromatic rings. The van der Waals surface area contributed by atoms with Gasteiger partial charge < -0.3 is 0 Å². The summed E-state index contributed by atoms with van der Waals surface area (Å²) >= 11 is 4.56. The van der Waals surface area contributed by atoms with Gasteiger partial charge in [0.1, 0.15) is 0 Å². The van der Waals surface area contributed by atoms with E-state index in [2.05, 4.69) is 68.9 Å². The third kappa shape index (κ3) is 2.14. The summed E-state index contributed by atoms with van der Waals surface area (Å²) in [5.74, 6) is 0.490. The molecular weight excluding hydrogens is 212 g/mol. The SMILES string of the molecule is CC(C)c1c(S)cccc1-c1ccccc1. The fourth-order valence-corrected chi connectivity index (χ4v) is 2.49. The predicted octanol–water partition coefficient (Wildman–Crippen LogP) is 4.77. The maximum atomic E-state index is 4.56. The van der Waals surface area contributed by atoms with Gasteiger partial charge >= 0.3 is 0 Å². The van der Waals surface area contributed by atoms with Crippen molar-refractivity contribution in [3.05, 3.63) is 54.1 Å². The first-order valence-electron chi connectivity index (χ1n) is 5.57. The highest BCUT2D eigenvalue weighted by molar-refractivity contribution is 7.80. The van der Waals surface area contributed by atoms with Gasteiger partial charge in [-0.15, -0.1) is 12.6 Å². The lowest BCUT2D eigenvalue weighted by Gasteiger charge is -2.15. The fraction of sp³-hybridized carbons (Fsp3) is 0.200. The lowest BCUT2D eigenvalue weighted by atomic mass is 9.92. The van der Waals surface area contributed by atoms with Gasteiger partial charge in [-0.2, -0.15) is 0 Å². The van der Waals surface area contributed by atoms with Crippen LogP contribution >= 0.6 is 12.6 Å². The van der Waals surface area contributed by atoms with Crippen LogP contribution in [0.4, 0.5) is 0 Å². The Bertz CT molecular complexity index is 472. The standard InChI is InChI=1S/C15H16S/c1-11(2)15-13(9-6-10-14(15)16)12-7-4-3-5-8-12/h3-11,16H,1-2H3. The Kier molecular flexibility index (Phi) is 3.35. The van der Waals surface area contributed by atoms with E-state index in [4.69, 9.17) is 0 Å². The molecule has 2 rings (SSSR count). The molecule has 0 bridgehead atoms. The van der Waals surface area contributed by atoms with Crippen molar-refractivity contribution in [2.75, 3.05) is 0 Å². The Morgan fingerprint density at radius 3 is 2.19 bits per heavy atom. The highest BCUT2D eigenvalue weighted by Crippen LogP contribution is 2.33. The summed E-state index contributed by atoms with van der Waals surface area (Å²) in [6.07, 6.45) is 0. The predicted molar refractivity (Wildman–Crippen MR) is 73.2 cm³/mol. The highest BCUT2D eigenvalue weighted by Gasteiger charge is 2.10. The van der Waals surface area contributed by atoms with E-state index in [9.17, 15) is 0 Å². The van der Waals surface area contributed by atoms with E-state index in [1.54, 1.807) is 0 Å². The number of rotatable bonds is 2. The second-order valence-electron chi connectivity index (χ2n) is 4.26. The van der Waals surface area contributed by atoms with Crippen LogP contribution in [0.5, 0.6) is 0 Å². The number of hydrogen-bond donors (Lipinski definition) is 1. The lowest BCUT2D eigenvalue weighted by Crippen LogP contribution is -1.94. The van der Waals surface area contributed by atoms with E-state index in [1.165, 1.54) is 16.7 Å². The summed E-state index contributed by atoms with van der Waals surface area (Å²) in [6.45, 7) is 4.42. The topological polar surface area (TPSA) is 0 Å². The van der Waals surface area contributed by atoms with Gasteiger partial charge in [-0.3, -0.25) is 0 Å². The highest BCUT2D eigenvalue weighted by atomic mass is 32.1. The molecule has 82 valence electrons. The van der Waals surface area contributed by atoms with Crippen LogP contribution < -0.4 is 0 Å². The van der Waals surface area contributed by atoms with E-state index < -0.39 is 0 Å². The summed E-state index contributed by atoms with van der Waals surface area (Å²) in [5, 5.41) is 0. The minimum atomic E-state index is 0.490. The molecular formula is C15H16S. The van der Waals surface area contributed by atoms with Gasteiger partial charge in [-0.25, -0.2) is 0 Å². The van der Waals surface area contributed by atoms with Crippen LogP contribution in [0.15, 0.2) is 53.4 Å². The zero-order valence-electron chi connectivity index (χ0n) is 9.64. The molecule has 0 saturated carbocycles. The Morgan fingerprint density at radius 2 is 1.56 bits per heavy atom. The molecule has 1 heteroatoms. The smallest absolute Gasteiger partial charge is 0.00808 e. The first-order chi connectivity index (χ1) is 7.70. The third-order valence-electron chi connectivity index (χ3n) is 2.75. The fourth-order valence-electron chi connectivity index (χ4n) is 2.03. The third-order valence-corrected chi connectivity index (χ3v) is 3.14. The number of hydrogen-bond acceptors (Lipinski definition) is 1. The van der Waals surface area contributed by atoms with Gasteiger partial charge in [0.05, 0.1) is 0 Å². The Labute approximate surface area is 103 Å². The van der Waals surface area contributed by atoms with Crippen molar-refractivity contribution in [3.63, 3.8) is 0 Å². The Balaban J connectivity index is 2.61. The average molecular weight is 228 g/mol. The molecule has 0 spiro atoms. The van der Waals surface area contributed by atoms with Crippen LogP contribution in [0.25, 0.3) is 11.1 Å². The summed E-state index contributed by atoms with van der Waals surface area (Å²) in [4.78, 5) is 1.08. The molecule has 0 aliphatic heterocycles. The van der Waals surface area contributed by atoms with E-state index in [-0.39, 0.29) is 0 Å². The summed E-state index contributed by atoms with van der Waals surface area (Å²) in [6, 6.07) is 16.8. The molecule has 0 radical (unpaired) electrons. The van der Waals surface area contributed by atoms with Crippen LogP contribution in [0.1, 0.15) is 25.3 Å². The quantitative estimate of drug-likeness (QED) is 0.703. The molecule has 16 heavy (non-hydrogen) atoms. The first-order valence-corrected chi connectivity index (χ1v) is 6.02. The molecule has 0 fully saturated rings. The maximum absolute atomic E-state index is 4.56. The van der Waals surface area contributed by atoms with Gasteiger partial charge in [0.25, 0.3) is 0 Å². The molecule has 0 aliphatic carbocycles. The molecule has 0 nitrogen and oxygen atoms in total. The Hall–Kier alpha value is -1.21. The molecule has 0 atom stereocenters. The van der Waals surface area contributed by atoms with Crippen molar-refractivity contribution >= 4 is 12.6 Å². The number of benzene rings is 2. The molecule has 2 aromatic carbocycles. The van der Waals surface area contributed by atoms with Crippen molar-refractivity contribution in [2.24, 2.45) is 0 Å². The molecule has 0 saturated heterocycles. The second kappa shape index (κ2) is 4.75. The van der Waals surface area contributed by atoms with Crippen molar-refractivity contribution in [3.8, 4) is 11.1 Å². The van der Waals surface area contributed by atoms with Crippen LogP contribution in [-0.4, -0.2) is 0 Å². The molecule has 0 aliphatic rings. The van der Waals surface area contributed by atoms with E-state index >= 15 is 0 Å². The molecule has 0 aromatic heterocycles. The maximum Gasteiger partial charge on any atom is 0.00808 e. The lowest BCUT2D eigenvalue weighted by molar-refractivity contribution is 0.846. The molecule has 0 amide bonds. The van der Waals surface area contributed by atoms with Gasteiger partial charge in [-0.05, 0) is 28.7 Å². The van der Waals surface area contributed by atoms with Crippen molar-refractivity contribution in [1.29, 1.82) is 0 Å². The molecule has 0 unspecified atom stereocenters. The van der Waals surface area contributed by atoms with E-state index in [0.717, 1.165) is 4.90 Å². The monoisotopic (exact) mass is 228 g/mol. The van der Waals surface area contributed by atoms with Crippen molar-refractivity contribution in [1.82, 2.24) is 0 Å². The van der Waals surface area contributed by atoms with Crippen LogP contribution in [0.3, 0.4) is 0 Å². The summed E-state index contributed by atoms with van der Waals surface area (Å²) in [5.41, 5.74) is 3.89. The average Bonchev–Trinajstić information content (AvgIpc) is 2.29. The Morgan fingerprint density at radius 1 is 0.875 bits per heavy atom. The van der Waals surface area contributed by atoms with E-state index in [1.807, 2.05) is 6.07 Å². The number of thiol groups is 1. The normalized spacial score (nSPS) is 10.8. The van der Waals surface area contributed by atoms with Crippen LogP contribution in [0.2, 0.25) is 0 Å². The van der Waals surface area contributed by atoms with Crippen LogP contribution in [0, 0.1) is 0 Å². The van der Waals surface area contributed by atoms with E-state index in [0.29, 0.717) is 5.92 Å². The minimum Gasteiger partial charge on any atom is -0.143 e. The van der Waals surface area contributed by atoms with Gasteiger partial charge in [0.15, 0.2) is 0 Å². The van der Waals surface area contributed by atoms with Gasteiger partial charge in [0, 0.05) is 4.90 Å². The van der Waals surface area contributed by atoms with Crippen molar-refractivity contribution < 1.29 is 0 Å².